The van der Waals surface area contributed by atoms with Crippen LogP contribution in [0.3, 0.4) is 0 Å². The summed E-state index contributed by atoms with van der Waals surface area (Å²) in [6, 6.07) is 5.59. The lowest BCUT2D eigenvalue weighted by Gasteiger charge is -2.04. The van der Waals surface area contributed by atoms with Gasteiger partial charge >= 0.3 is 0 Å². The number of nitrogens with zero attached hydrogens (tertiary/aromatic N) is 5. The lowest BCUT2D eigenvalue weighted by Crippen LogP contribution is -2.10. The summed E-state index contributed by atoms with van der Waals surface area (Å²) in [5, 5.41) is 10.2. The van der Waals surface area contributed by atoms with Gasteiger partial charge < -0.3 is 5.32 Å². The summed E-state index contributed by atoms with van der Waals surface area (Å²) in [5.41, 5.74) is 3.23. The minimum atomic E-state index is 0.560. The average Bonchev–Trinajstić information content (AvgIpc) is 3.22. The first-order chi connectivity index (χ1) is 11.3. The van der Waals surface area contributed by atoms with E-state index in [4.69, 9.17) is 12.2 Å². The molecular weight excluding hydrogens is 328 g/mol. The van der Waals surface area contributed by atoms with E-state index in [1.54, 1.807) is 29.3 Å². The molecule has 6 nitrogen and oxygen atoms in total. The van der Waals surface area contributed by atoms with Crippen LogP contribution in [0.25, 0.3) is 16.2 Å². The predicted octanol–water partition coefficient (Wildman–Crippen LogP) is 3.04. The lowest BCUT2D eigenvalue weighted by atomic mass is 10.3. The van der Waals surface area contributed by atoms with Crippen molar-refractivity contribution < 1.29 is 0 Å². The van der Waals surface area contributed by atoms with Crippen LogP contribution in [0, 0.1) is 0 Å². The van der Waals surface area contributed by atoms with Gasteiger partial charge in [0.15, 0.2) is 5.65 Å². The zero-order valence-corrected chi connectivity index (χ0v) is 13.4. The second-order valence-electron chi connectivity index (χ2n) is 4.68. The highest BCUT2D eigenvalue weighted by atomic mass is 32.1. The molecule has 0 bridgehead atoms. The van der Waals surface area contributed by atoms with Crippen LogP contribution in [0.5, 0.6) is 0 Å². The third kappa shape index (κ3) is 2.69. The number of rotatable bonds is 3. The predicted molar refractivity (Wildman–Crippen MR) is 93.7 cm³/mol. The minimum absolute atomic E-state index is 0.560. The summed E-state index contributed by atoms with van der Waals surface area (Å²) in [5.74, 6) is 0. The first kappa shape index (κ1) is 13.9. The van der Waals surface area contributed by atoms with Crippen molar-refractivity contribution in [2.45, 2.75) is 0 Å². The highest BCUT2D eigenvalue weighted by molar-refractivity contribution is 7.81. The lowest BCUT2D eigenvalue weighted by molar-refractivity contribution is 0.939. The Morgan fingerprint density at radius 1 is 1.22 bits per heavy atom. The molecular formula is C15H10N6S2. The average molecular weight is 338 g/mol. The Balaban J connectivity index is 1.63. The fourth-order valence-electron chi connectivity index (χ4n) is 2.11. The minimum Gasteiger partial charge on any atom is -0.344 e. The second-order valence-corrected chi connectivity index (χ2v) is 5.95. The third-order valence-corrected chi connectivity index (χ3v) is 4.35. The van der Waals surface area contributed by atoms with E-state index in [2.05, 4.69) is 25.4 Å². The van der Waals surface area contributed by atoms with Gasteiger partial charge in [-0.15, -0.1) is 11.3 Å². The standard InChI is InChI=1S/C15H10N6S2/c22-14(19-10-3-1-4-16-7-10)12-9-23-15(20-12)11-8-18-21-6-2-5-17-13(11)21/h1-9H,(H,19,22). The van der Waals surface area contributed by atoms with E-state index >= 15 is 0 Å². The highest BCUT2D eigenvalue weighted by Gasteiger charge is 2.13. The summed E-state index contributed by atoms with van der Waals surface area (Å²) >= 11 is 6.92. The van der Waals surface area contributed by atoms with Crippen LogP contribution in [0.1, 0.15) is 5.69 Å². The van der Waals surface area contributed by atoms with Crippen molar-refractivity contribution in [2.24, 2.45) is 0 Å². The van der Waals surface area contributed by atoms with E-state index in [0.717, 1.165) is 27.6 Å². The molecule has 0 saturated heterocycles. The third-order valence-electron chi connectivity index (χ3n) is 3.17. The summed E-state index contributed by atoms with van der Waals surface area (Å²) in [7, 11) is 0. The van der Waals surface area contributed by atoms with Crippen LogP contribution in [-0.4, -0.2) is 29.6 Å². The van der Waals surface area contributed by atoms with E-state index in [1.165, 1.54) is 11.3 Å². The molecule has 0 spiro atoms. The fourth-order valence-corrected chi connectivity index (χ4v) is 3.22. The highest BCUT2D eigenvalue weighted by Crippen LogP contribution is 2.27. The molecule has 0 unspecified atom stereocenters. The van der Waals surface area contributed by atoms with Crippen molar-refractivity contribution in [1.82, 2.24) is 24.6 Å². The Kier molecular flexibility index (Phi) is 3.52. The van der Waals surface area contributed by atoms with E-state index in [-0.39, 0.29) is 0 Å². The maximum atomic E-state index is 5.41. The summed E-state index contributed by atoms with van der Waals surface area (Å²) in [6.45, 7) is 0. The second kappa shape index (κ2) is 5.82. The summed E-state index contributed by atoms with van der Waals surface area (Å²) in [6.07, 6.45) is 8.79. The molecule has 4 aromatic heterocycles. The smallest absolute Gasteiger partial charge is 0.165 e. The van der Waals surface area contributed by atoms with Crippen LogP contribution < -0.4 is 5.32 Å². The number of pyridine rings is 1. The Morgan fingerprint density at radius 3 is 3.04 bits per heavy atom. The number of anilines is 1. The molecule has 0 amide bonds. The molecule has 4 heterocycles. The monoisotopic (exact) mass is 338 g/mol. The van der Waals surface area contributed by atoms with Gasteiger partial charge in [-0.25, -0.2) is 14.5 Å². The number of fused-ring (bicyclic) bond motifs is 1. The molecule has 8 heteroatoms. The molecule has 23 heavy (non-hydrogen) atoms. The fraction of sp³-hybridized carbons (Fsp3) is 0. The first-order valence-corrected chi connectivity index (χ1v) is 8.06. The Hall–Kier alpha value is -2.71. The van der Waals surface area contributed by atoms with E-state index < -0.39 is 0 Å². The molecule has 0 aliphatic carbocycles. The molecule has 4 aromatic rings. The summed E-state index contributed by atoms with van der Waals surface area (Å²) in [4.78, 5) is 13.6. The number of aromatic nitrogens is 5. The molecule has 0 aliphatic heterocycles. The summed E-state index contributed by atoms with van der Waals surface area (Å²) < 4.78 is 1.72. The van der Waals surface area contributed by atoms with Crippen molar-refractivity contribution in [1.29, 1.82) is 0 Å². The molecule has 112 valence electrons. The van der Waals surface area contributed by atoms with Gasteiger partial charge in [-0.3, -0.25) is 4.98 Å². The van der Waals surface area contributed by atoms with Gasteiger partial charge in [0.2, 0.25) is 0 Å². The molecule has 0 atom stereocenters. The van der Waals surface area contributed by atoms with Crippen LogP contribution in [0.15, 0.2) is 54.6 Å². The van der Waals surface area contributed by atoms with Crippen molar-refractivity contribution in [3.63, 3.8) is 0 Å². The van der Waals surface area contributed by atoms with Gasteiger partial charge in [-0.2, -0.15) is 5.10 Å². The molecule has 1 N–H and O–H groups in total. The number of hydrogen-bond acceptors (Lipinski definition) is 6. The van der Waals surface area contributed by atoms with Crippen molar-refractivity contribution in [3.8, 4) is 10.6 Å². The van der Waals surface area contributed by atoms with Gasteiger partial charge in [0.25, 0.3) is 0 Å². The van der Waals surface area contributed by atoms with Crippen molar-refractivity contribution in [3.05, 3.63) is 60.3 Å². The van der Waals surface area contributed by atoms with Crippen molar-refractivity contribution in [2.75, 3.05) is 5.32 Å². The number of hydrogen-bond donors (Lipinski definition) is 1. The first-order valence-electron chi connectivity index (χ1n) is 6.77. The molecule has 0 fully saturated rings. The number of thiazole rings is 1. The van der Waals surface area contributed by atoms with E-state index in [1.807, 2.05) is 29.8 Å². The van der Waals surface area contributed by atoms with Crippen LogP contribution in [0.2, 0.25) is 0 Å². The maximum Gasteiger partial charge on any atom is 0.165 e. The quantitative estimate of drug-likeness (QED) is 0.579. The molecule has 0 aliphatic rings. The van der Waals surface area contributed by atoms with E-state index in [0.29, 0.717) is 4.99 Å². The van der Waals surface area contributed by atoms with Gasteiger partial charge in [-0.1, -0.05) is 12.2 Å². The SMILES string of the molecule is S=C(Nc1cccnc1)c1csc(-c2cnn3cccnc23)n1. The zero-order chi connectivity index (χ0) is 15.6. The molecule has 4 rings (SSSR count). The Labute approximate surface area is 140 Å². The van der Waals surface area contributed by atoms with Gasteiger partial charge in [0.1, 0.15) is 15.7 Å². The van der Waals surface area contributed by atoms with Gasteiger partial charge in [0.05, 0.1) is 23.6 Å². The normalized spacial score (nSPS) is 10.8. The van der Waals surface area contributed by atoms with Crippen LogP contribution in [0.4, 0.5) is 5.69 Å². The van der Waals surface area contributed by atoms with Crippen LogP contribution >= 0.6 is 23.6 Å². The largest absolute Gasteiger partial charge is 0.344 e. The van der Waals surface area contributed by atoms with E-state index in [9.17, 15) is 0 Å². The van der Waals surface area contributed by atoms with Gasteiger partial charge in [0, 0.05) is 24.0 Å². The number of thiocarbonyl (C=S) groups is 1. The molecule has 0 aromatic carbocycles. The zero-order valence-electron chi connectivity index (χ0n) is 11.7. The molecule has 0 radical (unpaired) electrons. The van der Waals surface area contributed by atoms with Crippen LogP contribution in [-0.2, 0) is 0 Å². The Morgan fingerprint density at radius 2 is 2.17 bits per heavy atom. The topological polar surface area (TPSA) is 68.0 Å². The molecule has 0 saturated carbocycles. The maximum absolute atomic E-state index is 5.41. The van der Waals surface area contributed by atoms with Gasteiger partial charge in [-0.05, 0) is 18.2 Å². The van der Waals surface area contributed by atoms with Crippen molar-refractivity contribution >= 4 is 39.9 Å². The Bertz CT molecular complexity index is 976. The number of nitrogens with one attached hydrogen (secondary N) is 1.